The van der Waals surface area contributed by atoms with E-state index in [1.807, 2.05) is 0 Å². The molecule has 12 heavy (non-hydrogen) atoms. The van der Waals surface area contributed by atoms with Gasteiger partial charge in [-0.15, -0.1) is 0 Å². The Morgan fingerprint density at radius 3 is 2.50 bits per heavy atom. The van der Waals surface area contributed by atoms with Gasteiger partial charge in [0.25, 0.3) is 0 Å². The fourth-order valence-corrected chi connectivity index (χ4v) is 1.66. The van der Waals surface area contributed by atoms with Gasteiger partial charge < -0.3 is 4.74 Å². The van der Waals surface area contributed by atoms with Gasteiger partial charge in [-0.3, -0.25) is 4.79 Å². The normalized spacial score (nSPS) is 10.9. The SMILES string of the molecule is C=CCOC(=O)CC[Si](C)(C)C. The molecule has 0 fully saturated rings. The summed E-state index contributed by atoms with van der Waals surface area (Å²) in [6.07, 6.45) is 2.15. The molecule has 0 heterocycles. The molecular formula is C9H18O2Si. The smallest absolute Gasteiger partial charge is 0.305 e. The standard InChI is InChI=1S/C9H18O2Si/c1-5-7-11-9(10)6-8-12(2,3)4/h5H,1,6-8H2,2-4H3. The molecule has 0 unspecified atom stereocenters. The predicted molar refractivity (Wildman–Crippen MR) is 53.9 cm³/mol. The molecule has 0 atom stereocenters. The maximum absolute atomic E-state index is 11.0. The Balaban J connectivity index is 3.51. The van der Waals surface area contributed by atoms with E-state index < -0.39 is 8.07 Å². The first-order valence-electron chi connectivity index (χ1n) is 4.22. The van der Waals surface area contributed by atoms with Gasteiger partial charge in [0.05, 0.1) is 0 Å². The molecule has 0 spiro atoms. The summed E-state index contributed by atoms with van der Waals surface area (Å²) < 4.78 is 4.85. The Morgan fingerprint density at radius 2 is 2.08 bits per heavy atom. The molecule has 0 aliphatic heterocycles. The fourth-order valence-electron chi connectivity index (χ4n) is 0.701. The third-order valence-electron chi connectivity index (χ3n) is 1.44. The molecule has 0 bridgehead atoms. The van der Waals surface area contributed by atoms with Crippen LogP contribution in [0.4, 0.5) is 0 Å². The van der Waals surface area contributed by atoms with Crippen LogP contribution in [0.1, 0.15) is 6.42 Å². The third kappa shape index (κ3) is 7.53. The number of rotatable bonds is 5. The van der Waals surface area contributed by atoms with Gasteiger partial charge in [0, 0.05) is 14.5 Å². The maximum Gasteiger partial charge on any atom is 0.305 e. The second-order valence-electron chi connectivity index (χ2n) is 4.03. The Morgan fingerprint density at radius 1 is 1.50 bits per heavy atom. The summed E-state index contributed by atoms with van der Waals surface area (Å²) in [6, 6.07) is 1.00. The minimum absolute atomic E-state index is 0.0997. The minimum atomic E-state index is -1.09. The van der Waals surface area contributed by atoms with E-state index in [2.05, 4.69) is 26.2 Å². The number of ether oxygens (including phenoxy) is 1. The van der Waals surface area contributed by atoms with Crippen molar-refractivity contribution in [2.75, 3.05) is 6.61 Å². The molecule has 0 aliphatic carbocycles. The van der Waals surface area contributed by atoms with Crippen LogP contribution in [0, 0.1) is 0 Å². The number of hydrogen-bond acceptors (Lipinski definition) is 2. The molecule has 2 nitrogen and oxygen atoms in total. The number of hydrogen-bond donors (Lipinski definition) is 0. The molecule has 0 saturated carbocycles. The molecule has 0 radical (unpaired) electrons. The molecule has 0 amide bonds. The number of carbonyl (C=O) groups excluding carboxylic acids is 1. The summed E-state index contributed by atoms with van der Waals surface area (Å²) in [7, 11) is -1.09. The first-order valence-corrected chi connectivity index (χ1v) is 7.93. The van der Waals surface area contributed by atoms with Crippen molar-refractivity contribution in [2.24, 2.45) is 0 Å². The van der Waals surface area contributed by atoms with Crippen molar-refractivity contribution in [2.45, 2.75) is 32.1 Å². The molecule has 3 heteroatoms. The van der Waals surface area contributed by atoms with Crippen LogP contribution < -0.4 is 0 Å². The van der Waals surface area contributed by atoms with E-state index in [1.165, 1.54) is 0 Å². The molecule has 0 saturated heterocycles. The van der Waals surface area contributed by atoms with Gasteiger partial charge in [-0.1, -0.05) is 32.3 Å². The topological polar surface area (TPSA) is 26.3 Å². The fraction of sp³-hybridized carbons (Fsp3) is 0.667. The van der Waals surface area contributed by atoms with Crippen molar-refractivity contribution in [1.82, 2.24) is 0 Å². The molecule has 0 aliphatic rings. The Hall–Kier alpha value is -0.573. The Bertz CT molecular complexity index is 158. The highest BCUT2D eigenvalue weighted by molar-refractivity contribution is 6.76. The first kappa shape index (κ1) is 11.4. The molecule has 0 aromatic carbocycles. The van der Waals surface area contributed by atoms with Crippen molar-refractivity contribution < 1.29 is 9.53 Å². The highest BCUT2D eigenvalue weighted by Gasteiger charge is 2.15. The van der Waals surface area contributed by atoms with Gasteiger partial charge in [0.2, 0.25) is 0 Å². The quantitative estimate of drug-likeness (QED) is 0.374. The van der Waals surface area contributed by atoms with Crippen molar-refractivity contribution in [3.63, 3.8) is 0 Å². The summed E-state index contributed by atoms with van der Waals surface area (Å²) >= 11 is 0. The van der Waals surface area contributed by atoms with E-state index in [-0.39, 0.29) is 5.97 Å². The van der Waals surface area contributed by atoms with Crippen LogP contribution in [0.15, 0.2) is 12.7 Å². The van der Waals surface area contributed by atoms with Crippen LogP contribution in [0.5, 0.6) is 0 Å². The highest BCUT2D eigenvalue weighted by Crippen LogP contribution is 2.11. The van der Waals surface area contributed by atoms with E-state index in [4.69, 9.17) is 4.74 Å². The van der Waals surface area contributed by atoms with Gasteiger partial charge in [-0.25, -0.2) is 0 Å². The van der Waals surface area contributed by atoms with Crippen LogP contribution >= 0.6 is 0 Å². The lowest BCUT2D eigenvalue weighted by Crippen LogP contribution is -2.21. The van der Waals surface area contributed by atoms with Crippen LogP contribution in [-0.2, 0) is 9.53 Å². The summed E-state index contributed by atoms with van der Waals surface area (Å²) in [5.41, 5.74) is 0. The van der Waals surface area contributed by atoms with E-state index in [9.17, 15) is 4.79 Å². The van der Waals surface area contributed by atoms with Gasteiger partial charge in [-0.05, 0) is 6.04 Å². The summed E-state index contributed by atoms with van der Waals surface area (Å²) in [5.74, 6) is -0.0997. The van der Waals surface area contributed by atoms with Crippen LogP contribution in [0.25, 0.3) is 0 Å². The van der Waals surface area contributed by atoms with Crippen LogP contribution in [0.3, 0.4) is 0 Å². The summed E-state index contributed by atoms with van der Waals surface area (Å²) in [5, 5.41) is 0. The lowest BCUT2D eigenvalue weighted by Gasteiger charge is -2.14. The van der Waals surface area contributed by atoms with E-state index in [0.29, 0.717) is 13.0 Å². The number of carbonyl (C=O) groups is 1. The van der Waals surface area contributed by atoms with Crippen molar-refractivity contribution in [3.8, 4) is 0 Å². The van der Waals surface area contributed by atoms with Crippen molar-refractivity contribution in [3.05, 3.63) is 12.7 Å². The van der Waals surface area contributed by atoms with E-state index in [0.717, 1.165) is 6.04 Å². The lowest BCUT2D eigenvalue weighted by molar-refractivity contribution is -0.141. The molecule has 70 valence electrons. The molecule has 0 aromatic heterocycles. The zero-order valence-corrected chi connectivity index (χ0v) is 9.22. The zero-order chi connectivity index (χ0) is 9.61. The maximum atomic E-state index is 11.0. The predicted octanol–water partition coefficient (Wildman–Crippen LogP) is 2.44. The average molecular weight is 186 g/mol. The minimum Gasteiger partial charge on any atom is -0.461 e. The van der Waals surface area contributed by atoms with Crippen LogP contribution in [-0.4, -0.2) is 20.7 Å². The third-order valence-corrected chi connectivity index (χ3v) is 3.19. The average Bonchev–Trinajstić information content (AvgIpc) is 1.95. The number of esters is 1. The van der Waals surface area contributed by atoms with Gasteiger partial charge in [-0.2, -0.15) is 0 Å². The lowest BCUT2D eigenvalue weighted by atomic mass is 10.5. The molecule has 0 N–H and O–H groups in total. The second kappa shape index (κ2) is 5.14. The summed E-state index contributed by atoms with van der Waals surface area (Å²) in [4.78, 5) is 11.0. The second-order valence-corrected chi connectivity index (χ2v) is 9.65. The largest absolute Gasteiger partial charge is 0.461 e. The van der Waals surface area contributed by atoms with Crippen LogP contribution in [0.2, 0.25) is 25.7 Å². The van der Waals surface area contributed by atoms with E-state index >= 15 is 0 Å². The Kier molecular flexibility index (Phi) is 4.89. The van der Waals surface area contributed by atoms with Gasteiger partial charge in [0.15, 0.2) is 0 Å². The van der Waals surface area contributed by atoms with Gasteiger partial charge >= 0.3 is 5.97 Å². The monoisotopic (exact) mass is 186 g/mol. The molecule has 0 aromatic rings. The van der Waals surface area contributed by atoms with Crippen molar-refractivity contribution in [1.29, 1.82) is 0 Å². The van der Waals surface area contributed by atoms with E-state index in [1.54, 1.807) is 6.08 Å². The summed E-state index contributed by atoms with van der Waals surface area (Å²) in [6.45, 7) is 10.5. The van der Waals surface area contributed by atoms with Crippen molar-refractivity contribution >= 4 is 14.0 Å². The zero-order valence-electron chi connectivity index (χ0n) is 8.22. The van der Waals surface area contributed by atoms with Gasteiger partial charge in [0.1, 0.15) is 6.61 Å². The molecule has 0 rings (SSSR count). The first-order chi connectivity index (χ1) is 5.45. The highest BCUT2D eigenvalue weighted by atomic mass is 28.3. The Labute approximate surface area is 75.6 Å². The molecular weight excluding hydrogens is 168 g/mol.